The van der Waals surface area contributed by atoms with E-state index >= 15 is 0 Å². The van der Waals surface area contributed by atoms with Crippen molar-refractivity contribution in [3.8, 4) is 5.69 Å². The Bertz CT molecular complexity index is 3300. The number of thiophene rings is 1. The lowest BCUT2D eigenvalue weighted by Crippen LogP contribution is -1.96. The van der Waals surface area contributed by atoms with Gasteiger partial charge in [-0.05, 0) is 29.0 Å². The molecule has 0 aliphatic carbocycles. The molecule has 4 heterocycles. The summed E-state index contributed by atoms with van der Waals surface area (Å²) >= 11 is 1.91. The van der Waals surface area contributed by atoms with Gasteiger partial charge >= 0.3 is 0 Å². The minimum atomic E-state index is 1.24. The van der Waals surface area contributed by atoms with Gasteiger partial charge in [0.15, 0.2) is 0 Å². The monoisotopic (exact) mass is 612 g/mol. The SMILES string of the molecule is c1ccc2c(c1)ccc1c3c4ccccc4c4c(c5cccc6c7ccccc7n4c65)c3n(-c3cccc4c3sc3ccccc34)c21. The molecule has 0 N–H and O–H groups in total. The molecule has 2 nitrogen and oxygen atoms in total. The van der Waals surface area contributed by atoms with Gasteiger partial charge in [0.1, 0.15) is 0 Å². The largest absolute Gasteiger partial charge is 0.307 e. The van der Waals surface area contributed by atoms with Crippen molar-refractivity contribution in [2.24, 2.45) is 0 Å². The molecule has 12 rings (SSSR count). The highest BCUT2D eigenvalue weighted by Crippen LogP contribution is 2.50. The number of fused-ring (bicyclic) bond motifs is 18. The summed E-state index contributed by atoms with van der Waals surface area (Å²) in [5.41, 5.74) is 7.66. The van der Waals surface area contributed by atoms with Crippen LogP contribution < -0.4 is 0 Å². The Labute approximate surface area is 272 Å². The maximum absolute atomic E-state index is 2.63. The zero-order valence-electron chi connectivity index (χ0n) is 25.2. The fraction of sp³-hybridized carbons (Fsp3) is 0. The third-order valence-corrected chi connectivity index (χ3v) is 11.8. The van der Waals surface area contributed by atoms with Gasteiger partial charge in [0.2, 0.25) is 0 Å². The zero-order valence-corrected chi connectivity index (χ0v) is 26.0. The average molecular weight is 613 g/mol. The Morgan fingerprint density at radius 3 is 1.91 bits per heavy atom. The first-order chi connectivity index (χ1) is 23.4. The summed E-state index contributed by atoms with van der Waals surface area (Å²) in [7, 11) is 0. The Morgan fingerprint density at radius 2 is 1.00 bits per heavy atom. The number of rotatable bonds is 1. The Kier molecular flexibility index (Phi) is 4.39. The topological polar surface area (TPSA) is 9.34 Å². The predicted octanol–water partition coefficient (Wildman–Crippen LogP) is 12.6. The third kappa shape index (κ3) is 2.84. The van der Waals surface area contributed by atoms with Gasteiger partial charge in [-0.2, -0.15) is 0 Å². The van der Waals surface area contributed by atoms with E-state index in [4.69, 9.17) is 0 Å². The van der Waals surface area contributed by atoms with Crippen LogP contribution in [0.2, 0.25) is 0 Å². The Hall–Kier alpha value is -5.90. The van der Waals surface area contributed by atoms with E-state index in [0.717, 1.165) is 0 Å². The van der Waals surface area contributed by atoms with Crippen LogP contribution in [0, 0.1) is 0 Å². The third-order valence-electron chi connectivity index (χ3n) is 10.6. The normalized spacial score (nSPS) is 12.7. The number of hydrogen-bond acceptors (Lipinski definition) is 1. The molecule has 0 atom stereocenters. The second-order valence-electron chi connectivity index (χ2n) is 12.8. The van der Waals surface area contributed by atoms with Crippen molar-refractivity contribution in [1.29, 1.82) is 0 Å². The fourth-order valence-corrected chi connectivity index (χ4v) is 10.0. The standard InChI is InChI=1S/C44H24N2S/c1-2-12-26-25(11-1)23-24-34-38-29-15-3-4-16-31(29)42-39(33-19-9-17-30-27-13-5-7-20-35(27)45(42)41(30)33)43(38)46(40(26)34)36-21-10-18-32-28-14-6-8-22-37(28)47-44(32)36/h1-24H. The van der Waals surface area contributed by atoms with E-state index < -0.39 is 0 Å². The first-order valence-corrected chi connectivity index (χ1v) is 17.0. The van der Waals surface area contributed by atoms with Crippen LogP contribution in [-0.2, 0) is 0 Å². The fourth-order valence-electron chi connectivity index (χ4n) is 8.80. The highest BCUT2D eigenvalue weighted by molar-refractivity contribution is 7.26. The number of para-hydroxylation sites is 2. The molecule has 0 radical (unpaired) electrons. The quantitative estimate of drug-likeness (QED) is 0.174. The molecule has 0 saturated heterocycles. The second-order valence-corrected chi connectivity index (χ2v) is 13.9. The van der Waals surface area contributed by atoms with Gasteiger partial charge in [-0.3, -0.25) is 0 Å². The molecule has 0 fully saturated rings. The predicted molar refractivity (Wildman–Crippen MR) is 203 cm³/mol. The van der Waals surface area contributed by atoms with Crippen LogP contribution in [0.5, 0.6) is 0 Å². The molecular formula is C44H24N2S. The summed E-state index contributed by atoms with van der Waals surface area (Å²) in [4.78, 5) is 0. The zero-order chi connectivity index (χ0) is 30.4. The molecule has 0 bridgehead atoms. The Morgan fingerprint density at radius 1 is 0.362 bits per heavy atom. The number of nitrogens with zero attached hydrogens (tertiary/aromatic N) is 2. The van der Waals surface area contributed by atoms with Gasteiger partial charge in [-0.25, -0.2) is 0 Å². The summed E-state index contributed by atoms with van der Waals surface area (Å²) in [6, 6.07) is 54.1. The van der Waals surface area contributed by atoms with Crippen LogP contribution in [0.25, 0.3) is 107 Å². The van der Waals surface area contributed by atoms with Gasteiger partial charge < -0.3 is 8.97 Å². The molecule has 0 spiro atoms. The molecule has 0 unspecified atom stereocenters. The Balaban J connectivity index is 1.46. The van der Waals surface area contributed by atoms with Crippen molar-refractivity contribution >= 4 is 113 Å². The van der Waals surface area contributed by atoms with Crippen molar-refractivity contribution < 1.29 is 0 Å². The van der Waals surface area contributed by atoms with E-state index in [1.54, 1.807) is 0 Å². The molecule has 47 heavy (non-hydrogen) atoms. The number of aromatic nitrogens is 2. The minimum Gasteiger partial charge on any atom is -0.307 e. The molecule has 0 aliphatic rings. The van der Waals surface area contributed by atoms with Gasteiger partial charge in [0.25, 0.3) is 0 Å². The average Bonchev–Trinajstić information content (AvgIpc) is 3.87. The van der Waals surface area contributed by atoms with Gasteiger partial charge in [0.05, 0.1) is 38.0 Å². The van der Waals surface area contributed by atoms with Gasteiger partial charge in [0, 0.05) is 58.6 Å². The van der Waals surface area contributed by atoms with E-state index in [0.29, 0.717) is 0 Å². The highest BCUT2D eigenvalue weighted by Gasteiger charge is 2.27. The summed E-state index contributed by atoms with van der Waals surface area (Å²) in [5, 5.41) is 15.6. The number of benzene rings is 8. The smallest absolute Gasteiger partial charge is 0.0648 e. The summed E-state index contributed by atoms with van der Waals surface area (Å²) in [6.45, 7) is 0. The molecule has 0 amide bonds. The molecule has 4 aromatic heterocycles. The van der Waals surface area contributed by atoms with Crippen molar-refractivity contribution in [2.45, 2.75) is 0 Å². The van der Waals surface area contributed by atoms with Crippen molar-refractivity contribution in [3.63, 3.8) is 0 Å². The maximum Gasteiger partial charge on any atom is 0.0648 e. The minimum absolute atomic E-state index is 1.24. The van der Waals surface area contributed by atoms with E-state index in [2.05, 4.69) is 155 Å². The molecule has 0 aliphatic heterocycles. The van der Waals surface area contributed by atoms with E-state index in [1.807, 2.05) is 11.3 Å². The second kappa shape index (κ2) is 8.47. The van der Waals surface area contributed by atoms with Crippen LogP contribution in [-0.4, -0.2) is 8.97 Å². The van der Waals surface area contributed by atoms with Crippen LogP contribution >= 0.6 is 11.3 Å². The lowest BCUT2D eigenvalue weighted by molar-refractivity contribution is 1.22. The molecule has 0 saturated carbocycles. The molecule has 12 aromatic rings. The van der Waals surface area contributed by atoms with E-state index in [9.17, 15) is 0 Å². The van der Waals surface area contributed by atoms with Crippen LogP contribution in [0.3, 0.4) is 0 Å². The number of hydrogen-bond donors (Lipinski definition) is 0. The van der Waals surface area contributed by atoms with Crippen LogP contribution in [0.15, 0.2) is 146 Å². The van der Waals surface area contributed by atoms with Gasteiger partial charge in [-0.15, -0.1) is 11.3 Å². The molecular weight excluding hydrogens is 589 g/mol. The highest BCUT2D eigenvalue weighted by atomic mass is 32.1. The first kappa shape index (κ1) is 24.3. The maximum atomic E-state index is 2.63. The summed E-state index contributed by atoms with van der Waals surface area (Å²) in [5.74, 6) is 0. The van der Waals surface area contributed by atoms with Crippen molar-refractivity contribution in [3.05, 3.63) is 146 Å². The van der Waals surface area contributed by atoms with Crippen LogP contribution in [0.4, 0.5) is 0 Å². The summed E-state index contributed by atoms with van der Waals surface area (Å²) in [6.07, 6.45) is 0. The van der Waals surface area contributed by atoms with Crippen LogP contribution in [0.1, 0.15) is 0 Å². The van der Waals surface area contributed by atoms with Crippen molar-refractivity contribution in [2.75, 3.05) is 0 Å². The van der Waals surface area contributed by atoms with E-state index in [-0.39, 0.29) is 0 Å². The molecule has 3 heteroatoms. The lowest BCUT2D eigenvalue weighted by Gasteiger charge is -2.13. The van der Waals surface area contributed by atoms with Crippen molar-refractivity contribution in [1.82, 2.24) is 8.97 Å². The lowest BCUT2D eigenvalue weighted by atomic mass is 9.98. The molecule has 8 aromatic carbocycles. The van der Waals surface area contributed by atoms with Gasteiger partial charge in [-0.1, -0.05) is 127 Å². The first-order valence-electron chi connectivity index (χ1n) is 16.2. The molecule has 216 valence electrons. The van der Waals surface area contributed by atoms with E-state index in [1.165, 1.54) is 107 Å². The summed E-state index contributed by atoms with van der Waals surface area (Å²) < 4.78 is 7.83.